The fourth-order valence-corrected chi connectivity index (χ4v) is 0.613. The van der Waals surface area contributed by atoms with Crippen LogP contribution in [-0.2, 0) is 0 Å². The molecule has 0 aliphatic carbocycles. The zero-order valence-electron chi connectivity index (χ0n) is 4.79. The van der Waals surface area contributed by atoms with Crippen LogP contribution >= 0.6 is 15.9 Å². The molecular weight excluding hydrogens is 178 g/mol. The maximum Gasteiger partial charge on any atom is 0.0410 e. The van der Waals surface area contributed by atoms with Crippen molar-refractivity contribution >= 4 is 15.9 Å². The van der Waals surface area contributed by atoms with Crippen molar-refractivity contribution in [2.24, 2.45) is 0 Å². The number of aromatic nitrogens is 1. The summed E-state index contributed by atoms with van der Waals surface area (Å²) in [6.45, 7) is 0. The molecular formula is C7H6BrN. The lowest BCUT2D eigenvalue weighted by atomic mass is 10.5. The van der Waals surface area contributed by atoms with Gasteiger partial charge in [-0.1, -0.05) is 0 Å². The normalized spacial score (nSPS) is 7.00. The van der Waals surface area contributed by atoms with E-state index < -0.39 is 0 Å². The van der Waals surface area contributed by atoms with E-state index in [1.54, 1.807) is 12.4 Å². The molecule has 0 aliphatic rings. The number of hydrogen-bond donors (Lipinski definition) is 0. The molecule has 0 fully saturated rings. The number of terminal acetylenes is 1. The fraction of sp³-hybridized carbons (Fsp3) is 0. The van der Waals surface area contributed by atoms with Crippen molar-refractivity contribution in [1.29, 1.82) is 0 Å². The van der Waals surface area contributed by atoms with Crippen molar-refractivity contribution in [2.75, 3.05) is 0 Å². The molecule has 1 aromatic rings. The largest absolute Gasteiger partial charge is 0.264 e. The first-order valence-electron chi connectivity index (χ1n) is 2.28. The summed E-state index contributed by atoms with van der Waals surface area (Å²) in [4.78, 5) is 3.84. The SMILES string of the molecule is Brc1cccnc1.C#C. The quantitative estimate of drug-likeness (QED) is 0.562. The van der Waals surface area contributed by atoms with Crippen LogP contribution in [0.3, 0.4) is 0 Å². The van der Waals surface area contributed by atoms with Crippen LogP contribution in [0.4, 0.5) is 0 Å². The highest BCUT2D eigenvalue weighted by Crippen LogP contribution is 2.02. The average molecular weight is 184 g/mol. The van der Waals surface area contributed by atoms with E-state index in [1.165, 1.54) is 0 Å². The number of halogens is 1. The molecule has 0 radical (unpaired) electrons. The fourth-order valence-electron chi connectivity index (χ4n) is 0.342. The van der Waals surface area contributed by atoms with Gasteiger partial charge in [0.15, 0.2) is 0 Å². The maximum atomic E-state index is 4.00. The minimum Gasteiger partial charge on any atom is -0.264 e. The van der Waals surface area contributed by atoms with E-state index in [1.807, 2.05) is 12.1 Å². The smallest absolute Gasteiger partial charge is 0.0410 e. The second-order valence-corrected chi connectivity index (χ2v) is 2.09. The Kier molecular flexibility index (Phi) is 4.85. The van der Waals surface area contributed by atoms with Crippen LogP contribution in [0.2, 0.25) is 0 Å². The summed E-state index contributed by atoms with van der Waals surface area (Å²) in [7, 11) is 0. The van der Waals surface area contributed by atoms with Crippen LogP contribution in [-0.4, -0.2) is 4.98 Å². The molecule has 9 heavy (non-hydrogen) atoms. The molecule has 2 heteroatoms. The number of rotatable bonds is 0. The van der Waals surface area contributed by atoms with Crippen molar-refractivity contribution in [1.82, 2.24) is 4.98 Å². The molecule has 1 rings (SSSR count). The average Bonchev–Trinajstić information content (AvgIpc) is 1.94. The Morgan fingerprint density at radius 3 is 2.33 bits per heavy atom. The second-order valence-electron chi connectivity index (χ2n) is 1.17. The van der Waals surface area contributed by atoms with Crippen molar-refractivity contribution < 1.29 is 0 Å². The lowest BCUT2D eigenvalue weighted by molar-refractivity contribution is 1.31. The molecule has 0 saturated carbocycles. The van der Waals surface area contributed by atoms with Gasteiger partial charge in [-0.25, -0.2) is 0 Å². The molecule has 46 valence electrons. The van der Waals surface area contributed by atoms with E-state index in [4.69, 9.17) is 0 Å². The Morgan fingerprint density at radius 1 is 1.44 bits per heavy atom. The molecule has 0 bridgehead atoms. The first-order chi connectivity index (χ1) is 4.39. The molecule has 1 heterocycles. The monoisotopic (exact) mass is 183 g/mol. The van der Waals surface area contributed by atoms with Gasteiger partial charge in [-0.05, 0) is 28.1 Å². The Morgan fingerprint density at radius 2 is 2.11 bits per heavy atom. The minimum atomic E-state index is 1.02. The number of nitrogens with zero attached hydrogens (tertiary/aromatic N) is 1. The third-order valence-corrected chi connectivity index (χ3v) is 1.09. The molecule has 0 aromatic carbocycles. The molecule has 0 N–H and O–H groups in total. The van der Waals surface area contributed by atoms with E-state index in [2.05, 4.69) is 33.8 Å². The van der Waals surface area contributed by atoms with Crippen LogP contribution in [0.5, 0.6) is 0 Å². The van der Waals surface area contributed by atoms with Crippen LogP contribution in [0, 0.1) is 12.8 Å². The Balaban J connectivity index is 0.000000291. The van der Waals surface area contributed by atoms with Crippen molar-refractivity contribution in [2.45, 2.75) is 0 Å². The van der Waals surface area contributed by atoms with Crippen molar-refractivity contribution in [3.8, 4) is 12.8 Å². The summed E-state index contributed by atoms with van der Waals surface area (Å²) in [5.41, 5.74) is 0. The van der Waals surface area contributed by atoms with E-state index in [0.29, 0.717) is 0 Å². The first kappa shape index (κ1) is 8.19. The van der Waals surface area contributed by atoms with Crippen LogP contribution in [0.15, 0.2) is 29.0 Å². The molecule has 0 atom stereocenters. The van der Waals surface area contributed by atoms with Crippen LogP contribution < -0.4 is 0 Å². The van der Waals surface area contributed by atoms with E-state index in [-0.39, 0.29) is 0 Å². The summed E-state index contributed by atoms with van der Waals surface area (Å²) in [5.74, 6) is 0. The Labute approximate surface area is 63.3 Å². The van der Waals surface area contributed by atoms with Gasteiger partial charge >= 0.3 is 0 Å². The number of hydrogen-bond acceptors (Lipinski definition) is 1. The highest BCUT2D eigenvalue weighted by atomic mass is 79.9. The van der Waals surface area contributed by atoms with Crippen molar-refractivity contribution in [3.05, 3.63) is 29.0 Å². The van der Waals surface area contributed by atoms with Gasteiger partial charge in [-0.3, -0.25) is 4.98 Å². The van der Waals surface area contributed by atoms with Gasteiger partial charge < -0.3 is 0 Å². The van der Waals surface area contributed by atoms with Gasteiger partial charge in [0.25, 0.3) is 0 Å². The zero-order chi connectivity index (χ0) is 7.11. The van der Waals surface area contributed by atoms with Gasteiger partial charge in [0.05, 0.1) is 0 Å². The second kappa shape index (κ2) is 5.33. The first-order valence-corrected chi connectivity index (χ1v) is 3.08. The van der Waals surface area contributed by atoms with E-state index in [0.717, 1.165) is 4.47 Å². The van der Waals surface area contributed by atoms with Crippen LogP contribution in [0.1, 0.15) is 0 Å². The van der Waals surface area contributed by atoms with E-state index in [9.17, 15) is 0 Å². The van der Waals surface area contributed by atoms with Crippen LogP contribution in [0.25, 0.3) is 0 Å². The molecule has 1 aromatic heterocycles. The van der Waals surface area contributed by atoms with E-state index >= 15 is 0 Å². The summed E-state index contributed by atoms with van der Waals surface area (Å²) in [6, 6.07) is 3.82. The predicted molar refractivity (Wildman–Crippen MR) is 41.8 cm³/mol. The van der Waals surface area contributed by atoms with Gasteiger partial charge in [0.2, 0.25) is 0 Å². The zero-order valence-corrected chi connectivity index (χ0v) is 6.38. The predicted octanol–water partition coefficient (Wildman–Crippen LogP) is 2.09. The third kappa shape index (κ3) is 3.75. The topological polar surface area (TPSA) is 12.9 Å². The molecule has 0 amide bonds. The van der Waals surface area contributed by atoms with Gasteiger partial charge in [0.1, 0.15) is 0 Å². The summed E-state index contributed by atoms with van der Waals surface area (Å²) >= 11 is 3.25. The van der Waals surface area contributed by atoms with Gasteiger partial charge in [-0.15, -0.1) is 12.8 Å². The Hall–Kier alpha value is -0.810. The maximum absolute atomic E-state index is 4.00. The lowest BCUT2D eigenvalue weighted by Gasteiger charge is -1.80. The molecule has 0 unspecified atom stereocenters. The minimum absolute atomic E-state index is 1.02. The van der Waals surface area contributed by atoms with Gasteiger partial charge in [0, 0.05) is 16.9 Å². The van der Waals surface area contributed by atoms with Crippen molar-refractivity contribution in [3.63, 3.8) is 0 Å². The third-order valence-electron chi connectivity index (χ3n) is 0.625. The number of pyridine rings is 1. The summed E-state index contributed by atoms with van der Waals surface area (Å²) < 4.78 is 1.02. The lowest BCUT2D eigenvalue weighted by Crippen LogP contribution is -1.64. The molecule has 1 nitrogen and oxygen atoms in total. The molecule has 0 spiro atoms. The standard InChI is InChI=1S/C5H4BrN.C2H2/c6-5-2-1-3-7-4-5;1-2/h1-4H;1-2H. The summed E-state index contributed by atoms with van der Waals surface area (Å²) in [5, 5.41) is 0. The highest BCUT2D eigenvalue weighted by Gasteiger charge is 1.75. The Bertz CT molecular complexity index is 169. The molecule has 0 saturated heterocycles. The highest BCUT2D eigenvalue weighted by molar-refractivity contribution is 9.10. The summed E-state index contributed by atoms with van der Waals surface area (Å²) in [6.07, 6.45) is 11.5. The molecule has 0 aliphatic heterocycles. The van der Waals surface area contributed by atoms with Gasteiger partial charge in [-0.2, -0.15) is 0 Å².